The first-order valence-electron chi connectivity index (χ1n) is 16.7. The number of aliphatic hydroxyl groups excluding tert-OH is 2. The molecule has 0 spiro atoms. The number of hydrogen-bond donors (Lipinski definition) is 2. The topological polar surface area (TPSA) is 58.9 Å². The molecule has 8 aromatic carbocycles. The Hall–Kier alpha value is -6.20. The summed E-state index contributed by atoms with van der Waals surface area (Å²) >= 11 is 0. The van der Waals surface area contributed by atoms with Crippen molar-refractivity contribution >= 4 is 21.5 Å². The molecule has 0 radical (unpaired) electrons. The van der Waals surface area contributed by atoms with E-state index in [2.05, 4.69) is 97.1 Å². The van der Waals surface area contributed by atoms with Crippen LogP contribution in [-0.2, 0) is 13.2 Å². The lowest BCUT2D eigenvalue weighted by Crippen LogP contribution is -1.96. The average molecular weight is 651 g/mol. The van der Waals surface area contributed by atoms with Gasteiger partial charge in [0, 0.05) is 11.1 Å². The second-order valence-corrected chi connectivity index (χ2v) is 12.3. The Morgan fingerprint density at radius 1 is 0.360 bits per heavy atom. The summed E-state index contributed by atoms with van der Waals surface area (Å²) in [5.74, 6) is 2.69. The van der Waals surface area contributed by atoms with E-state index >= 15 is 0 Å². The van der Waals surface area contributed by atoms with Crippen LogP contribution in [0.5, 0.6) is 23.0 Å². The molecule has 242 valence electrons. The zero-order chi connectivity index (χ0) is 33.9. The largest absolute Gasteiger partial charge is 0.457 e. The van der Waals surface area contributed by atoms with Crippen LogP contribution in [0.1, 0.15) is 11.1 Å². The smallest absolute Gasteiger partial charge is 0.136 e. The maximum Gasteiger partial charge on any atom is 0.136 e. The lowest BCUT2D eigenvalue weighted by Gasteiger charge is -2.20. The third kappa shape index (κ3) is 6.22. The van der Waals surface area contributed by atoms with E-state index in [0.717, 1.165) is 66.1 Å². The SMILES string of the molecule is OCc1ccc(Oc2ccc3cc(-c4ccccc4)ccc3c2-c2c(Oc3ccc(CO)cc3)ccc3cc(-c4ccccc4)ccc23)cc1. The van der Waals surface area contributed by atoms with E-state index in [-0.39, 0.29) is 13.2 Å². The molecule has 0 atom stereocenters. The first kappa shape index (κ1) is 31.1. The fourth-order valence-corrected chi connectivity index (χ4v) is 6.51. The zero-order valence-electron chi connectivity index (χ0n) is 27.3. The molecule has 8 rings (SSSR count). The molecule has 0 unspecified atom stereocenters. The van der Waals surface area contributed by atoms with Gasteiger partial charge in [0.05, 0.1) is 13.2 Å². The summed E-state index contributed by atoms with van der Waals surface area (Å²) in [5, 5.41) is 23.5. The molecule has 0 saturated heterocycles. The van der Waals surface area contributed by atoms with E-state index < -0.39 is 0 Å². The number of ether oxygens (including phenoxy) is 2. The van der Waals surface area contributed by atoms with Crippen molar-refractivity contribution in [3.05, 3.63) is 181 Å². The highest BCUT2D eigenvalue weighted by Gasteiger charge is 2.21. The van der Waals surface area contributed by atoms with Crippen LogP contribution in [-0.4, -0.2) is 10.2 Å². The molecule has 50 heavy (non-hydrogen) atoms. The first-order chi connectivity index (χ1) is 24.7. The van der Waals surface area contributed by atoms with E-state index in [4.69, 9.17) is 9.47 Å². The standard InChI is InChI=1S/C46H34O4/c47-29-31-11-19-39(20-12-31)49-43-25-17-37-27-35(33-7-3-1-4-8-33)15-23-41(37)45(43)46-42-24-16-36(34-9-5-2-6-10-34)28-38(42)18-26-44(46)50-40-21-13-32(30-48)14-22-40/h1-28,47-48H,29-30H2. The fraction of sp³-hybridized carbons (Fsp3) is 0.0435. The molecule has 2 N–H and O–H groups in total. The third-order valence-corrected chi connectivity index (χ3v) is 9.09. The Morgan fingerprint density at radius 2 is 0.760 bits per heavy atom. The van der Waals surface area contributed by atoms with Crippen molar-refractivity contribution in [3.8, 4) is 56.4 Å². The van der Waals surface area contributed by atoms with Crippen molar-refractivity contribution < 1.29 is 19.7 Å². The zero-order valence-corrected chi connectivity index (χ0v) is 27.3. The second kappa shape index (κ2) is 13.7. The molecule has 4 heteroatoms. The molecule has 4 nitrogen and oxygen atoms in total. The summed E-state index contributed by atoms with van der Waals surface area (Å²) < 4.78 is 13.4. The summed E-state index contributed by atoms with van der Waals surface area (Å²) in [6.45, 7) is -0.0710. The van der Waals surface area contributed by atoms with Crippen LogP contribution >= 0.6 is 0 Å². The predicted octanol–water partition coefficient (Wildman–Crippen LogP) is 11.6. The van der Waals surface area contributed by atoms with Gasteiger partial charge in [-0.1, -0.05) is 121 Å². The van der Waals surface area contributed by atoms with Gasteiger partial charge in [0.1, 0.15) is 23.0 Å². The minimum absolute atomic E-state index is 0.0355. The van der Waals surface area contributed by atoms with Crippen molar-refractivity contribution in [3.63, 3.8) is 0 Å². The highest BCUT2D eigenvalue weighted by molar-refractivity contribution is 6.11. The molecular weight excluding hydrogens is 617 g/mol. The Bertz CT molecular complexity index is 2240. The van der Waals surface area contributed by atoms with E-state index in [0.29, 0.717) is 23.0 Å². The third-order valence-electron chi connectivity index (χ3n) is 9.09. The van der Waals surface area contributed by atoms with Crippen molar-refractivity contribution in [2.24, 2.45) is 0 Å². The van der Waals surface area contributed by atoms with Gasteiger partial charge in [-0.15, -0.1) is 0 Å². The molecule has 0 aliphatic carbocycles. The quantitative estimate of drug-likeness (QED) is 0.163. The number of fused-ring (bicyclic) bond motifs is 2. The predicted molar refractivity (Wildman–Crippen MR) is 203 cm³/mol. The first-order valence-corrected chi connectivity index (χ1v) is 16.7. The summed E-state index contributed by atoms with van der Waals surface area (Å²) in [7, 11) is 0. The van der Waals surface area contributed by atoms with Gasteiger partial charge in [0.25, 0.3) is 0 Å². The molecular formula is C46H34O4. The number of rotatable bonds is 9. The number of aliphatic hydroxyl groups is 2. The molecule has 0 aliphatic heterocycles. The van der Waals surface area contributed by atoms with Crippen LogP contribution < -0.4 is 9.47 Å². The average Bonchev–Trinajstić information content (AvgIpc) is 3.19. The minimum atomic E-state index is -0.0355. The van der Waals surface area contributed by atoms with E-state index in [1.54, 1.807) is 0 Å². The van der Waals surface area contributed by atoms with Gasteiger partial charge >= 0.3 is 0 Å². The van der Waals surface area contributed by atoms with Gasteiger partial charge in [-0.2, -0.15) is 0 Å². The van der Waals surface area contributed by atoms with Crippen LogP contribution in [0, 0.1) is 0 Å². The Labute approximate surface area is 291 Å². The highest BCUT2D eigenvalue weighted by Crippen LogP contribution is 2.48. The number of hydrogen-bond acceptors (Lipinski definition) is 4. The van der Waals surface area contributed by atoms with Crippen LogP contribution in [0.15, 0.2) is 170 Å². The van der Waals surface area contributed by atoms with Crippen molar-refractivity contribution in [1.82, 2.24) is 0 Å². The number of benzene rings is 8. The molecule has 0 amide bonds. The maximum atomic E-state index is 9.64. The van der Waals surface area contributed by atoms with Crippen molar-refractivity contribution in [1.29, 1.82) is 0 Å². The van der Waals surface area contributed by atoms with Crippen LogP contribution in [0.3, 0.4) is 0 Å². The summed E-state index contributed by atoms with van der Waals surface area (Å²) in [6.07, 6.45) is 0. The van der Waals surface area contributed by atoms with E-state index in [1.165, 1.54) is 0 Å². The summed E-state index contributed by atoms with van der Waals surface area (Å²) in [4.78, 5) is 0. The Morgan fingerprint density at radius 3 is 1.14 bits per heavy atom. The van der Waals surface area contributed by atoms with Crippen molar-refractivity contribution in [2.45, 2.75) is 13.2 Å². The van der Waals surface area contributed by atoms with Gasteiger partial charge in [-0.25, -0.2) is 0 Å². The monoisotopic (exact) mass is 650 g/mol. The molecule has 0 bridgehead atoms. The molecule has 0 fully saturated rings. The molecule has 0 heterocycles. The van der Waals surface area contributed by atoms with Crippen LogP contribution in [0.2, 0.25) is 0 Å². The fourth-order valence-electron chi connectivity index (χ4n) is 6.51. The minimum Gasteiger partial charge on any atom is -0.457 e. The normalized spacial score (nSPS) is 11.2. The second-order valence-electron chi connectivity index (χ2n) is 12.3. The molecule has 0 aromatic heterocycles. The Balaban J connectivity index is 1.38. The van der Waals surface area contributed by atoms with Gasteiger partial charge < -0.3 is 19.7 Å². The van der Waals surface area contributed by atoms with Crippen molar-refractivity contribution in [2.75, 3.05) is 0 Å². The van der Waals surface area contributed by atoms with Gasteiger partial charge in [-0.3, -0.25) is 0 Å². The lowest BCUT2D eigenvalue weighted by atomic mass is 9.90. The van der Waals surface area contributed by atoms with E-state index in [1.807, 2.05) is 72.8 Å². The van der Waals surface area contributed by atoms with Crippen LogP contribution in [0.4, 0.5) is 0 Å². The summed E-state index contributed by atoms with van der Waals surface area (Å²) in [5.41, 5.74) is 8.00. The Kier molecular flexibility index (Phi) is 8.54. The van der Waals surface area contributed by atoms with Gasteiger partial charge in [0.15, 0.2) is 0 Å². The lowest BCUT2D eigenvalue weighted by molar-refractivity contribution is 0.281. The molecule has 8 aromatic rings. The van der Waals surface area contributed by atoms with Gasteiger partial charge in [0.2, 0.25) is 0 Å². The summed E-state index contributed by atoms with van der Waals surface area (Å²) in [6, 6.07) is 57.2. The highest BCUT2D eigenvalue weighted by atomic mass is 16.5. The molecule has 0 saturated carbocycles. The van der Waals surface area contributed by atoms with Gasteiger partial charge in [-0.05, 0) is 103 Å². The van der Waals surface area contributed by atoms with E-state index in [9.17, 15) is 10.2 Å². The maximum absolute atomic E-state index is 9.64. The molecule has 0 aliphatic rings. The van der Waals surface area contributed by atoms with Crippen LogP contribution in [0.25, 0.3) is 54.9 Å².